The number of hydrogen-bond donors (Lipinski definition) is 1. The van der Waals surface area contributed by atoms with Crippen molar-refractivity contribution in [3.8, 4) is 0 Å². The average Bonchev–Trinajstić information content (AvgIpc) is 2.92. The number of aliphatic carboxylic acids is 1. The Morgan fingerprint density at radius 2 is 1.03 bits per heavy atom. The Morgan fingerprint density at radius 3 is 1.46 bits per heavy atom. The fourth-order valence-corrected chi connectivity index (χ4v) is 13.6. The van der Waals surface area contributed by atoms with Crippen LogP contribution in [-0.4, -0.2) is 29.6 Å². The van der Waals surface area contributed by atoms with Crippen molar-refractivity contribution < 1.29 is 9.90 Å². The standard InChI is InChI=1S/C31H34O2P2/c32-31(33)23-13-14-25-35(29-19-9-3-10-20-29,30-21-11-4-12-22-30)26-24-34(27-15-5-1-6-16-27)28-17-7-2-8-18-28/h1-12,15-22,35H,13-14,23-26H2,(H,32,33). The van der Waals surface area contributed by atoms with Crippen LogP contribution in [0.4, 0.5) is 0 Å². The van der Waals surface area contributed by atoms with E-state index in [4.69, 9.17) is 0 Å². The predicted octanol–water partition coefficient (Wildman–Crippen LogP) is 5.78. The molecule has 0 spiro atoms. The molecule has 0 heterocycles. The maximum absolute atomic E-state index is 11.2. The van der Waals surface area contributed by atoms with Gasteiger partial charge in [-0.1, -0.05) is 0 Å². The van der Waals surface area contributed by atoms with Crippen LogP contribution in [0.1, 0.15) is 19.3 Å². The first-order valence-electron chi connectivity index (χ1n) is 12.4. The summed E-state index contributed by atoms with van der Waals surface area (Å²) in [5.74, 6) is -0.701. The summed E-state index contributed by atoms with van der Waals surface area (Å²) in [6.45, 7) is 0. The maximum atomic E-state index is 11.2. The summed E-state index contributed by atoms with van der Waals surface area (Å²) in [5.41, 5.74) is 0. The Balaban J connectivity index is 1.72. The molecule has 35 heavy (non-hydrogen) atoms. The summed E-state index contributed by atoms with van der Waals surface area (Å²) in [5, 5.41) is 15.0. The van der Waals surface area contributed by atoms with Crippen LogP contribution in [0.3, 0.4) is 0 Å². The van der Waals surface area contributed by atoms with Gasteiger partial charge in [-0.15, -0.1) is 0 Å². The predicted molar refractivity (Wildman–Crippen MR) is 156 cm³/mol. The van der Waals surface area contributed by atoms with Crippen molar-refractivity contribution in [2.45, 2.75) is 19.3 Å². The molecule has 4 aromatic rings. The van der Waals surface area contributed by atoms with Gasteiger partial charge in [-0.05, 0) is 0 Å². The first-order chi connectivity index (χ1) is 17.2. The number of carboxylic acid groups (broad SMARTS) is 1. The van der Waals surface area contributed by atoms with Crippen molar-refractivity contribution >= 4 is 42.4 Å². The molecule has 0 unspecified atom stereocenters. The SMILES string of the molecule is O=C(O)CCCC[PH](CCP(c1ccccc1)c1ccccc1)(c1ccccc1)c1ccccc1. The fraction of sp³-hybridized carbons (Fsp3) is 0.194. The van der Waals surface area contributed by atoms with Gasteiger partial charge in [0, 0.05) is 0 Å². The molecule has 0 aliphatic rings. The molecule has 0 aliphatic carbocycles. The Kier molecular flexibility index (Phi) is 9.24. The van der Waals surface area contributed by atoms with Crippen molar-refractivity contribution in [1.29, 1.82) is 0 Å². The van der Waals surface area contributed by atoms with E-state index >= 15 is 0 Å². The number of hydrogen-bond acceptors (Lipinski definition) is 1. The van der Waals surface area contributed by atoms with Gasteiger partial charge in [0.25, 0.3) is 0 Å². The number of benzene rings is 4. The van der Waals surface area contributed by atoms with Crippen molar-refractivity contribution in [2.24, 2.45) is 0 Å². The van der Waals surface area contributed by atoms with Gasteiger partial charge in [-0.3, -0.25) is 0 Å². The summed E-state index contributed by atoms with van der Waals surface area (Å²) < 4.78 is 0. The van der Waals surface area contributed by atoms with Crippen LogP contribution in [0, 0.1) is 0 Å². The quantitative estimate of drug-likeness (QED) is 0.198. The van der Waals surface area contributed by atoms with Gasteiger partial charge in [0.2, 0.25) is 0 Å². The third-order valence-electron chi connectivity index (χ3n) is 6.79. The van der Waals surface area contributed by atoms with Gasteiger partial charge in [0.1, 0.15) is 0 Å². The molecule has 2 nitrogen and oxygen atoms in total. The summed E-state index contributed by atoms with van der Waals surface area (Å²) in [6, 6.07) is 44.0. The molecule has 0 saturated carbocycles. The Labute approximate surface area is 211 Å². The van der Waals surface area contributed by atoms with E-state index in [-0.39, 0.29) is 6.42 Å². The summed E-state index contributed by atoms with van der Waals surface area (Å²) in [6.07, 6.45) is 5.25. The zero-order valence-electron chi connectivity index (χ0n) is 20.1. The van der Waals surface area contributed by atoms with Gasteiger partial charge in [-0.2, -0.15) is 0 Å². The molecule has 1 N–H and O–H groups in total. The molecule has 0 aliphatic heterocycles. The van der Waals surface area contributed by atoms with Gasteiger partial charge in [0.05, 0.1) is 0 Å². The van der Waals surface area contributed by atoms with Crippen LogP contribution < -0.4 is 21.2 Å². The normalized spacial score (nSPS) is 11.9. The van der Waals surface area contributed by atoms with Crippen LogP contribution in [0.25, 0.3) is 0 Å². The van der Waals surface area contributed by atoms with Crippen molar-refractivity contribution in [1.82, 2.24) is 0 Å². The van der Waals surface area contributed by atoms with E-state index in [0.717, 1.165) is 31.3 Å². The molecule has 4 aromatic carbocycles. The molecule has 0 amide bonds. The average molecular weight is 501 g/mol. The third kappa shape index (κ3) is 6.66. The molecule has 0 radical (unpaired) electrons. The van der Waals surface area contributed by atoms with Crippen LogP contribution in [0.5, 0.6) is 0 Å². The second kappa shape index (κ2) is 12.8. The molecule has 4 heteroatoms. The van der Waals surface area contributed by atoms with Crippen LogP contribution >= 0.6 is 15.2 Å². The topological polar surface area (TPSA) is 37.3 Å². The number of carboxylic acids is 1. The summed E-state index contributed by atoms with van der Waals surface area (Å²) >= 11 is 0. The molecular weight excluding hydrogens is 466 g/mol. The van der Waals surface area contributed by atoms with E-state index in [9.17, 15) is 9.90 Å². The third-order valence-corrected chi connectivity index (χ3v) is 14.9. The molecule has 0 aromatic heterocycles. The molecule has 0 bridgehead atoms. The van der Waals surface area contributed by atoms with Crippen molar-refractivity contribution in [3.63, 3.8) is 0 Å². The summed E-state index contributed by atoms with van der Waals surface area (Å²) in [7, 11) is -2.61. The molecule has 4 rings (SSSR count). The second-order valence-corrected chi connectivity index (χ2v) is 15.6. The molecule has 0 saturated heterocycles. The monoisotopic (exact) mass is 500 g/mol. The van der Waals surface area contributed by atoms with E-state index in [1.807, 2.05) is 0 Å². The van der Waals surface area contributed by atoms with Crippen molar-refractivity contribution in [3.05, 3.63) is 121 Å². The van der Waals surface area contributed by atoms with Crippen LogP contribution in [0.15, 0.2) is 121 Å². The fourth-order valence-electron chi connectivity index (χ4n) is 5.01. The zero-order chi connectivity index (χ0) is 24.3. The zero-order valence-corrected chi connectivity index (χ0v) is 22.0. The minimum atomic E-state index is -2.13. The number of carbonyl (C=O) groups is 1. The first-order valence-corrected chi connectivity index (χ1v) is 16.3. The summed E-state index contributed by atoms with van der Waals surface area (Å²) in [4.78, 5) is 11.2. The first kappa shape index (κ1) is 25.3. The van der Waals surface area contributed by atoms with Gasteiger partial charge in [-0.25, -0.2) is 0 Å². The minimum absolute atomic E-state index is 0.245. The van der Waals surface area contributed by atoms with E-state index < -0.39 is 21.2 Å². The van der Waals surface area contributed by atoms with Crippen LogP contribution in [-0.2, 0) is 4.79 Å². The van der Waals surface area contributed by atoms with E-state index in [0.29, 0.717) is 0 Å². The Hall–Kier alpha value is -2.79. The van der Waals surface area contributed by atoms with Gasteiger partial charge < -0.3 is 0 Å². The van der Waals surface area contributed by atoms with Gasteiger partial charge >= 0.3 is 211 Å². The van der Waals surface area contributed by atoms with E-state index in [2.05, 4.69) is 121 Å². The van der Waals surface area contributed by atoms with E-state index in [1.54, 1.807) is 0 Å². The number of rotatable bonds is 12. The Bertz CT molecular complexity index is 1090. The molecule has 180 valence electrons. The molecule has 0 fully saturated rings. The van der Waals surface area contributed by atoms with Gasteiger partial charge in [0.15, 0.2) is 0 Å². The van der Waals surface area contributed by atoms with E-state index in [1.165, 1.54) is 21.2 Å². The molecule has 0 atom stereocenters. The second-order valence-electron chi connectivity index (χ2n) is 8.99. The van der Waals surface area contributed by atoms with Crippen molar-refractivity contribution in [2.75, 3.05) is 18.5 Å². The number of unbranched alkanes of at least 4 members (excludes halogenated alkanes) is 1. The molecular formula is C31H34O2P2. The Morgan fingerprint density at radius 1 is 0.600 bits per heavy atom. The van der Waals surface area contributed by atoms with Crippen LogP contribution in [0.2, 0.25) is 0 Å².